The highest BCUT2D eigenvalue weighted by molar-refractivity contribution is 6.09. The molecule has 0 saturated heterocycles. The molecule has 170 valence electrons. The number of carbonyl (C=O) groups is 1. The fourth-order valence-electron chi connectivity index (χ4n) is 3.47. The topological polar surface area (TPSA) is 89.3 Å². The van der Waals surface area contributed by atoms with Crippen LogP contribution in [0.4, 0.5) is 5.69 Å². The number of methoxy groups -OCH3 is 1. The third kappa shape index (κ3) is 5.22. The smallest absolute Gasteiger partial charge is 0.261 e. The molecule has 0 unspecified atom stereocenters. The number of aryl methyl sites for hydroxylation is 1. The summed E-state index contributed by atoms with van der Waals surface area (Å²) in [6, 6.07) is 21.2. The number of benzene rings is 2. The molecule has 0 spiro atoms. The van der Waals surface area contributed by atoms with Crippen molar-refractivity contribution in [3.05, 3.63) is 83.6 Å². The van der Waals surface area contributed by atoms with E-state index in [0.717, 1.165) is 23.4 Å². The van der Waals surface area contributed by atoms with Gasteiger partial charge in [0, 0.05) is 17.7 Å². The van der Waals surface area contributed by atoms with Crippen molar-refractivity contribution in [2.45, 2.75) is 13.5 Å². The molecule has 33 heavy (non-hydrogen) atoms. The van der Waals surface area contributed by atoms with Crippen LogP contribution < -0.4 is 15.4 Å². The molecule has 0 aliphatic heterocycles. The first-order valence-electron chi connectivity index (χ1n) is 10.2. The molecule has 2 N–H and O–H groups in total. The summed E-state index contributed by atoms with van der Waals surface area (Å²) in [6.45, 7) is 2.51. The standard InChI is InChI=1S/C25H24N4O3.ClH/c1-16-22(23(29-32-16)19-7-5-4-6-8-19)24(30)27-21-14-13-20(28-25(21)31-3)18-11-9-17(10-12-18)15-26-2;/h4-14,26H,15H2,1-3H3,(H,27,30);1H. The predicted molar refractivity (Wildman–Crippen MR) is 131 cm³/mol. The third-order valence-electron chi connectivity index (χ3n) is 5.07. The number of pyridine rings is 1. The van der Waals surface area contributed by atoms with Gasteiger partial charge >= 0.3 is 0 Å². The lowest BCUT2D eigenvalue weighted by atomic mass is 10.1. The minimum atomic E-state index is -0.341. The van der Waals surface area contributed by atoms with Crippen molar-refractivity contribution in [1.82, 2.24) is 15.5 Å². The molecular formula is C25H25ClN4O3. The molecule has 0 bridgehead atoms. The van der Waals surface area contributed by atoms with E-state index >= 15 is 0 Å². The summed E-state index contributed by atoms with van der Waals surface area (Å²) in [5.41, 5.74) is 5.03. The summed E-state index contributed by atoms with van der Waals surface area (Å²) < 4.78 is 10.8. The molecule has 0 aliphatic carbocycles. The number of nitrogens with zero attached hydrogens (tertiary/aromatic N) is 2. The van der Waals surface area contributed by atoms with Gasteiger partial charge in [0.25, 0.3) is 5.91 Å². The second-order valence-electron chi connectivity index (χ2n) is 7.26. The maximum atomic E-state index is 13.1. The maximum Gasteiger partial charge on any atom is 0.261 e. The molecule has 0 atom stereocenters. The van der Waals surface area contributed by atoms with E-state index in [1.807, 2.05) is 55.6 Å². The highest BCUT2D eigenvalue weighted by atomic mass is 35.5. The zero-order valence-electron chi connectivity index (χ0n) is 18.6. The van der Waals surface area contributed by atoms with Crippen molar-refractivity contribution in [3.8, 4) is 28.4 Å². The van der Waals surface area contributed by atoms with Crippen LogP contribution in [0.3, 0.4) is 0 Å². The van der Waals surface area contributed by atoms with Crippen molar-refractivity contribution >= 4 is 24.0 Å². The first-order valence-corrected chi connectivity index (χ1v) is 10.2. The van der Waals surface area contributed by atoms with Gasteiger partial charge < -0.3 is 19.9 Å². The molecule has 0 aliphatic rings. The third-order valence-corrected chi connectivity index (χ3v) is 5.07. The van der Waals surface area contributed by atoms with Crippen LogP contribution in [0, 0.1) is 6.92 Å². The molecule has 1 amide bonds. The Kier molecular flexibility index (Phi) is 7.82. The fraction of sp³-hybridized carbons (Fsp3) is 0.160. The van der Waals surface area contributed by atoms with Gasteiger partial charge in [-0.15, -0.1) is 12.4 Å². The van der Waals surface area contributed by atoms with Crippen LogP contribution in [0.25, 0.3) is 22.5 Å². The Labute approximate surface area is 198 Å². The highest BCUT2D eigenvalue weighted by Gasteiger charge is 2.23. The predicted octanol–water partition coefficient (Wildman–Crippen LogP) is 5.11. The van der Waals surface area contributed by atoms with Crippen molar-refractivity contribution in [2.24, 2.45) is 0 Å². The number of amides is 1. The van der Waals surface area contributed by atoms with Gasteiger partial charge in [0.05, 0.1) is 12.8 Å². The number of hydrogen-bond acceptors (Lipinski definition) is 6. The average Bonchev–Trinajstić information content (AvgIpc) is 3.22. The summed E-state index contributed by atoms with van der Waals surface area (Å²) >= 11 is 0. The van der Waals surface area contributed by atoms with Gasteiger partial charge in [-0.1, -0.05) is 59.8 Å². The number of carbonyl (C=O) groups excluding carboxylic acids is 1. The Morgan fingerprint density at radius 3 is 2.39 bits per heavy atom. The molecule has 2 heterocycles. The summed E-state index contributed by atoms with van der Waals surface area (Å²) in [4.78, 5) is 17.7. The van der Waals surface area contributed by atoms with Crippen LogP contribution in [0.15, 0.2) is 71.3 Å². The minimum Gasteiger partial charge on any atom is -0.479 e. The van der Waals surface area contributed by atoms with Gasteiger partial charge in [-0.2, -0.15) is 0 Å². The number of anilines is 1. The van der Waals surface area contributed by atoms with E-state index in [4.69, 9.17) is 9.26 Å². The summed E-state index contributed by atoms with van der Waals surface area (Å²) in [5.74, 6) is 0.420. The second-order valence-corrected chi connectivity index (χ2v) is 7.26. The normalized spacial score (nSPS) is 10.4. The first kappa shape index (κ1) is 24.0. The Bertz CT molecular complexity index is 1220. The van der Waals surface area contributed by atoms with Crippen LogP contribution in [0.2, 0.25) is 0 Å². The van der Waals surface area contributed by atoms with Crippen molar-refractivity contribution in [2.75, 3.05) is 19.5 Å². The number of ether oxygens (including phenoxy) is 1. The minimum absolute atomic E-state index is 0. The lowest BCUT2D eigenvalue weighted by Gasteiger charge is -2.12. The fourth-order valence-corrected chi connectivity index (χ4v) is 3.47. The van der Waals surface area contributed by atoms with E-state index in [1.165, 1.54) is 12.7 Å². The number of aromatic nitrogens is 2. The van der Waals surface area contributed by atoms with E-state index in [2.05, 4.69) is 32.9 Å². The van der Waals surface area contributed by atoms with Crippen LogP contribution in [-0.2, 0) is 6.54 Å². The molecule has 0 radical (unpaired) electrons. The zero-order chi connectivity index (χ0) is 22.5. The van der Waals surface area contributed by atoms with Crippen LogP contribution >= 0.6 is 12.4 Å². The number of hydrogen-bond donors (Lipinski definition) is 2. The quantitative estimate of drug-likeness (QED) is 0.395. The van der Waals surface area contributed by atoms with Crippen LogP contribution in [0.1, 0.15) is 21.7 Å². The number of halogens is 1. The maximum absolute atomic E-state index is 13.1. The molecule has 4 rings (SSSR count). The summed E-state index contributed by atoms with van der Waals surface area (Å²) in [6.07, 6.45) is 0. The molecule has 2 aromatic heterocycles. The SMILES string of the molecule is CNCc1ccc(-c2ccc(NC(=O)c3c(-c4ccccc4)noc3C)c(OC)n2)cc1.Cl. The molecule has 7 nitrogen and oxygen atoms in total. The Hall–Kier alpha value is -3.68. The molecule has 8 heteroatoms. The molecular weight excluding hydrogens is 440 g/mol. The van der Waals surface area contributed by atoms with E-state index in [9.17, 15) is 4.79 Å². The summed E-state index contributed by atoms with van der Waals surface area (Å²) in [7, 11) is 3.44. The van der Waals surface area contributed by atoms with Crippen LogP contribution in [0.5, 0.6) is 5.88 Å². The second kappa shape index (κ2) is 10.8. The first-order chi connectivity index (χ1) is 15.6. The lowest BCUT2D eigenvalue weighted by molar-refractivity contribution is 0.102. The van der Waals surface area contributed by atoms with Crippen LogP contribution in [-0.4, -0.2) is 30.2 Å². The average molecular weight is 465 g/mol. The van der Waals surface area contributed by atoms with Crippen molar-refractivity contribution < 1.29 is 14.1 Å². The highest BCUT2D eigenvalue weighted by Crippen LogP contribution is 2.30. The van der Waals surface area contributed by atoms with E-state index in [0.29, 0.717) is 28.6 Å². The summed E-state index contributed by atoms with van der Waals surface area (Å²) in [5, 5.41) is 10.1. The molecule has 0 fully saturated rings. The van der Waals surface area contributed by atoms with Gasteiger partial charge in [-0.25, -0.2) is 4.98 Å². The Morgan fingerprint density at radius 2 is 1.73 bits per heavy atom. The van der Waals surface area contributed by atoms with Gasteiger partial charge in [0.15, 0.2) is 0 Å². The molecule has 0 saturated carbocycles. The largest absolute Gasteiger partial charge is 0.479 e. The Balaban J connectivity index is 0.00000306. The van der Waals surface area contributed by atoms with Gasteiger partial charge in [-0.3, -0.25) is 4.79 Å². The van der Waals surface area contributed by atoms with E-state index in [-0.39, 0.29) is 18.3 Å². The number of nitrogens with one attached hydrogen (secondary N) is 2. The van der Waals surface area contributed by atoms with E-state index in [1.54, 1.807) is 13.0 Å². The lowest BCUT2D eigenvalue weighted by Crippen LogP contribution is -2.14. The van der Waals surface area contributed by atoms with Crippen molar-refractivity contribution in [3.63, 3.8) is 0 Å². The van der Waals surface area contributed by atoms with Gasteiger partial charge in [-0.05, 0) is 31.7 Å². The molecule has 4 aromatic rings. The number of rotatable bonds is 7. The van der Waals surface area contributed by atoms with Gasteiger partial charge in [0.2, 0.25) is 5.88 Å². The zero-order valence-corrected chi connectivity index (χ0v) is 19.4. The van der Waals surface area contributed by atoms with Crippen molar-refractivity contribution in [1.29, 1.82) is 0 Å². The Morgan fingerprint density at radius 1 is 1.00 bits per heavy atom. The van der Waals surface area contributed by atoms with Gasteiger partial charge in [0.1, 0.15) is 22.7 Å². The molecule has 2 aromatic carbocycles. The van der Waals surface area contributed by atoms with E-state index < -0.39 is 0 Å². The monoisotopic (exact) mass is 464 g/mol.